The van der Waals surface area contributed by atoms with E-state index in [0.717, 1.165) is 16.7 Å². The number of aryl methyl sites for hydroxylation is 1. The van der Waals surface area contributed by atoms with Crippen LogP contribution in [-0.2, 0) is 34.4 Å². The minimum atomic E-state index is -0.999. The highest BCUT2D eigenvalue weighted by atomic mass is 16.8. The Morgan fingerprint density at radius 1 is 0.957 bits per heavy atom. The molecule has 6 rings (SSSR count). The number of nitrogens with one attached hydrogen (secondary N) is 1. The molecule has 0 aliphatic rings. The summed E-state index contributed by atoms with van der Waals surface area (Å²) in [4.78, 5) is 47.9. The van der Waals surface area contributed by atoms with Gasteiger partial charge < -0.3 is 23.5 Å². The van der Waals surface area contributed by atoms with E-state index in [2.05, 4.69) is 20.1 Å². The summed E-state index contributed by atoms with van der Waals surface area (Å²) in [7, 11) is 1.79. The fourth-order valence-electron chi connectivity index (χ4n) is 4.90. The van der Waals surface area contributed by atoms with E-state index >= 15 is 0 Å². The van der Waals surface area contributed by atoms with Gasteiger partial charge in [-0.2, -0.15) is 4.98 Å². The van der Waals surface area contributed by atoms with Crippen LogP contribution in [-0.4, -0.2) is 54.8 Å². The number of imidazole rings is 2. The average Bonchev–Trinajstić information content (AvgIpc) is 3.79. The lowest BCUT2D eigenvalue weighted by atomic mass is 9.98. The van der Waals surface area contributed by atoms with Crippen LogP contribution in [0.1, 0.15) is 28.5 Å². The molecule has 0 saturated carbocycles. The van der Waals surface area contributed by atoms with Gasteiger partial charge in [0.2, 0.25) is 6.79 Å². The minimum Gasteiger partial charge on any atom is -0.465 e. The monoisotopic (exact) mass is 624 g/mol. The van der Waals surface area contributed by atoms with Crippen LogP contribution in [0.15, 0.2) is 88.6 Å². The fraction of sp³-hybridized carbons (Fsp3) is 0.188. The lowest BCUT2D eigenvalue weighted by Gasteiger charge is -2.13. The average molecular weight is 625 g/mol. The van der Waals surface area contributed by atoms with Crippen LogP contribution in [0.5, 0.6) is 6.01 Å². The second kappa shape index (κ2) is 13.2. The zero-order valence-corrected chi connectivity index (χ0v) is 24.8. The van der Waals surface area contributed by atoms with Crippen LogP contribution in [0.3, 0.4) is 0 Å². The number of carbonyl (C=O) groups excluding carboxylic acids is 2. The number of aromatic nitrogens is 6. The number of esters is 1. The maximum Gasteiger partial charge on any atom is 0.511 e. The van der Waals surface area contributed by atoms with Crippen LogP contribution in [0.4, 0.5) is 4.79 Å². The van der Waals surface area contributed by atoms with Crippen molar-refractivity contribution in [3.63, 3.8) is 0 Å². The van der Waals surface area contributed by atoms with Gasteiger partial charge in [-0.25, -0.2) is 19.4 Å². The van der Waals surface area contributed by atoms with Crippen molar-refractivity contribution in [3.05, 3.63) is 107 Å². The van der Waals surface area contributed by atoms with E-state index in [0.29, 0.717) is 47.3 Å². The first-order valence-corrected chi connectivity index (χ1v) is 14.2. The number of nitrogens with zero attached hydrogens (tertiary/aromatic N) is 5. The molecule has 1 N–H and O–H groups in total. The maximum atomic E-state index is 13.2. The molecule has 0 amide bonds. The van der Waals surface area contributed by atoms with Gasteiger partial charge in [-0.3, -0.25) is 14.1 Å². The zero-order valence-electron chi connectivity index (χ0n) is 24.8. The predicted octanol–water partition coefficient (Wildman–Crippen LogP) is 4.69. The highest BCUT2D eigenvalue weighted by molar-refractivity contribution is 6.02. The molecule has 0 unspecified atom stereocenters. The van der Waals surface area contributed by atoms with Crippen molar-refractivity contribution >= 4 is 23.2 Å². The van der Waals surface area contributed by atoms with Gasteiger partial charge in [0.1, 0.15) is 6.61 Å². The number of hydrogen-bond donors (Lipinski definition) is 1. The summed E-state index contributed by atoms with van der Waals surface area (Å²) < 4.78 is 29.2. The van der Waals surface area contributed by atoms with Crippen molar-refractivity contribution in [1.29, 1.82) is 0 Å². The molecule has 6 aromatic rings. The molecule has 0 saturated heterocycles. The van der Waals surface area contributed by atoms with E-state index in [9.17, 15) is 14.4 Å². The van der Waals surface area contributed by atoms with E-state index in [1.165, 1.54) is 0 Å². The molecular formula is C32H28N6O8. The summed E-state index contributed by atoms with van der Waals surface area (Å²) in [6.45, 7) is 1.80. The Labute approximate surface area is 261 Å². The maximum absolute atomic E-state index is 13.2. The van der Waals surface area contributed by atoms with Crippen molar-refractivity contribution in [2.45, 2.75) is 20.1 Å². The summed E-state index contributed by atoms with van der Waals surface area (Å²) in [6, 6.07) is 20.7. The molecule has 0 spiro atoms. The standard InChI is InChI=1S/C32H28N6O8/c1-3-42-30-34-26-10-6-9-25(29(39)44-19-45-32(41)43-17-22-16-37(2)18-33-22)27(26)38(30)15-20-11-13-21(14-12-20)23-7-4-5-8-24(23)28-35-31(40)46-36-28/h4-14,16,18H,3,15,17,19H2,1-2H3,(H,35,36,40). The summed E-state index contributed by atoms with van der Waals surface area (Å²) >= 11 is 0. The molecule has 14 heteroatoms. The normalized spacial score (nSPS) is 11.0. The van der Waals surface area contributed by atoms with Gasteiger partial charge >= 0.3 is 17.9 Å². The quantitative estimate of drug-likeness (QED) is 0.157. The van der Waals surface area contributed by atoms with E-state index in [1.807, 2.05) is 55.5 Å². The summed E-state index contributed by atoms with van der Waals surface area (Å²) in [6.07, 6.45) is 2.28. The Hall–Kier alpha value is -6.18. The van der Waals surface area contributed by atoms with Crippen molar-refractivity contribution in [3.8, 4) is 28.5 Å². The van der Waals surface area contributed by atoms with Crippen molar-refractivity contribution in [1.82, 2.24) is 29.2 Å². The van der Waals surface area contributed by atoms with Crippen LogP contribution in [0.2, 0.25) is 0 Å². The van der Waals surface area contributed by atoms with Gasteiger partial charge in [-0.05, 0) is 35.7 Å². The topological polar surface area (TPSA) is 166 Å². The second-order valence-corrected chi connectivity index (χ2v) is 10.0. The number of ether oxygens (including phenoxy) is 4. The molecular weight excluding hydrogens is 596 g/mol. The van der Waals surface area contributed by atoms with Gasteiger partial charge in [0.25, 0.3) is 6.01 Å². The summed E-state index contributed by atoms with van der Waals surface area (Å²) in [5.74, 6) is -1.01. The number of benzene rings is 3. The zero-order chi connectivity index (χ0) is 32.0. The number of aromatic amines is 1. The van der Waals surface area contributed by atoms with Gasteiger partial charge in [-0.15, -0.1) is 0 Å². The summed E-state index contributed by atoms with van der Waals surface area (Å²) in [5.41, 5.74) is 5.16. The molecule has 0 bridgehead atoms. The SMILES string of the molecule is CCOc1nc2cccc(C(=O)OCOC(=O)OCc3cn(C)cn3)c2n1Cc1ccc(-c2ccccc2-c2noc(=O)[nH]2)cc1. The van der Waals surface area contributed by atoms with Gasteiger partial charge in [0, 0.05) is 18.8 Å². The number of hydrogen-bond acceptors (Lipinski definition) is 11. The molecule has 234 valence electrons. The third-order valence-electron chi connectivity index (χ3n) is 6.92. The van der Waals surface area contributed by atoms with Gasteiger partial charge in [0.05, 0.1) is 41.8 Å². The Bertz CT molecular complexity index is 2060. The number of fused-ring (bicyclic) bond motifs is 1. The predicted molar refractivity (Wildman–Crippen MR) is 163 cm³/mol. The highest BCUT2D eigenvalue weighted by Gasteiger charge is 2.21. The lowest BCUT2D eigenvalue weighted by Crippen LogP contribution is -2.15. The Morgan fingerprint density at radius 3 is 2.48 bits per heavy atom. The molecule has 3 heterocycles. The number of para-hydroxylation sites is 1. The van der Waals surface area contributed by atoms with Crippen molar-refractivity contribution < 1.29 is 33.1 Å². The Morgan fingerprint density at radius 2 is 1.76 bits per heavy atom. The molecule has 14 nitrogen and oxygen atoms in total. The second-order valence-electron chi connectivity index (χ2n) is 10.0. The number of carbonyl (C=O) groups is 2. The van der Waals surface area contributed by atoms with E-state index < -0.39 is 24.7 Å². The van der Waals surface area contributed by atoms with Crippen LogP contribution < -0.4 is 10.5 Å². The number of H-pyrrole nitrogens is 1. The molecule has 0 radical (unpaired) electrons. The van der Waals surface area contributed by atoms with Gasteiger partial charge in [0.15, 0.2) is 5.82 Å². The smallest absolute Gasteiger partial charge is 0.465 e. The third-order valence-corrected chi connectivity index (χ3v) is 6.92. The highest BCUT2D eigenvalue weighted by Crippen LogP contribution is 2.31. The van der Waals surface area contributed by atoms with E-state index in [1.54, 1.807) is 46.9 Å². The molecule has 0 aliphatic heterocycles. The molecule has 3 aromatic heterocycles. The van der Waals surface area contributed by atoms with Crippen molar-refractivity contribution in [2.75, 3.05) is 13.4 Å². The largest absolute Gasteiger partial charge is 0.511 e. The first-order valence-electron chi connectivity index (χ1n) is 14.2. The lowest BCUT2D eigenvalue weighted by molar-refractivity contribution is -0.0295. The minimum absolute atomic E-state index is 0.0811. The third kappa shape index (κ3) is 6.50. The van der Waals surface area contributed by atoms with Crippen LogP contribution in [0, 0.1) is 0 Å². The number of rotatable bonds is 11. The molecule has 0 atom stereocenters. The van der Waals surface area contributed by atoms with E-state index in [-0.39, 0.29) is 12.2 Å². The van der Waals surface area contributed by atoms with Crippen molar-refractivity contribution in [2.24, 2.45) is 7.05 Å². The van der Waals surface area contributed by atoms with E-state index in [4.69, 9.17) is 23.5 Å². The van der Waals surface area contributed by atoms with Gasteiger partial charge in [-0.1, -0.05) is 59.8 Å². The van der Waals surface area contributed by atoms with Crippen LogP contribution >= 0.6 is 0 Å². The summed E-state index contributed by atoms with van der Waals surface area (Å²) in [5, 5.41) is 3.83. The molecule has 3 aromatic carbocycles. The molecule has 0 aliphatic carbocycles. The molecule has 0 fully saturated rings. The first kappa shape index (κ1) is 29.9. The molecule has 46 heavy (non-hydrogen) atoms. The van der Waals surface area contributed by atoms with Crippen LogP contribution in [0.25, 0.3) is 33.5 Å². The Balaban J connectivity index is 1.20. The Kier molecular flexibility index (Phi) is 8.58. The fourth-order valence-corrected chi connectivity index (χ4v) is 4.90. The first-order chi connectivity index (χ1) is 22.4.